The number of carbonyl (C=O) groups excluding carboxylic acids is 1. The molecule has 2 heterocycles. The quantitative estimate of drug-likeness (QED) is 0.885. The van der Waals surface area contributed by atoms with Crippen molar-refractivity contribution in [2.75, 3.05) is 19.7 Å². The summed E-state index contributed by atoms with van der Waals surface area (Å²) in [6, 6.07) is 0. The lowest BCUT2D eigenvalue weighted by Gasteiger charge is -2.26. The fourth-order valence-electron chi connectivity index (χ4n) is 2.73. The van der Waals surface area contributed by atoms with E-state index in [1.807, 2.05) is 18.7 Å². The van der Waals surface area contributed by atoms with E-state index in [1.54, 1.807) is 4.68 Å². The summed E-state index contributed by atoms with van der Waals surface area (Å²) in [7, 11) is 0. The summed E-state index contributed by atoms with van der Waals surface area (Å²) in [4.78, 5) is 14.2. The van der Waals surface area contributed by atoms with E-state index in [2.05, 4.69) is 5.10 Å². The van der Waals surface area contributed by atoms with Gasteiger partial charge in [0.25, 0.3) is 0 Å². The minimum absolute atomic E-state index is 0.118. The van der Waals surface area contributed by atoms with Gasteiger partial charge in [-0.15, -0.1) is 0 Å². The number of aliphatic hydroxyl groups excluding tert-OH is 1. The van der Waals surface area contributed by atoms with Crippen molar-refractivity contribution in [3.05, 3.63) is 17.0 Å². The van der Waals surface area contributed by atoms with Crippen LogP contribution in [0.5, 0.6) is 0 Å². The second-order valence-electron chi connectivity index (χ2n) is 5.22. The summed E-state index contributed by atoms with van der Waals surface area (Å²) < 4.78 is 1.78. The first-order valence-corrected chi connectivity index (χ1v) is 7.05. The number of hydrogen-bond acceptors (Lipinski definition) is 3. The summed E-state index contributed by atoms with van der Waals surface area (Å²) in [6.07, 6.45) is 4.05. The summed E-state index contributed by atoms with van der Waals surface area (Å²) in [6.45, 7) is 6.09. The zero-order valence-electron chi connectivity index (χ0n) is 11.9. The molecule has 19 heavy (non-hydrogen) atoms. The number of rotatable bonds is 4. The van der Waals surface area contributed by atoms with Gasteiger partial charge in [-0.3, -0.25) is 9.48 Å². The van der Waals surface area contributed by atoms with Crippen LogP contribution in [-0.2, 0) is 17.8 Å². The molecule has 0 aliphatic carbocycles. The number of hydrogen-bond donors (Lipinski definition) is 1. The molecule has 1 amide bonds. The summed E-state index contributed by atoms with van der Waals surface area (Å²) in [5, 5.41) is 13.5. The van der Waals surface area contributed by atoms with E-state index in [-0.39, 0.29) is 12.5 Å². The van der Waals surface area contributed by atoms with E-state index in [0.29, 0.717) is 13.0 Å². The Balaban J connectivity index is 2.06. The molecule has 1 aromatic rings. The van der Waals surface area contributed by atoms with Crippen LogP contribution in [0.25, 0.3) is 0 Å². The predicted octanol–water partition coefficient (Wildman–Crippen LogP) is 1.05. The number of aliphatic hydroxyl groups is 1. The molecule has 1 aliphatic rings. The first-order valence-electron chi connectivity index (χ1n) is 7.05. The minimum atomic E-state index is 0.118. The molecule has 5 heteroatoms. The summed E-state index contributed by atoms with van der Waals surface area (Å²) in [5.41, 5.74) is 2.98. The van der Waals surface area contributed by atoms with Crippen LogP contribution in [0.4, 0.5) is 0 Å². The molecule has 0 radical (unpaired) electrons. The monoisotopic (exact) mass is 265 g/mol. The fourth-order valence-corrected chi connectivity index (χ4v) is 2.73. The van der Waals surface area contributed by atoms with E-state index in [0.717, 1.165) is 42.9 Å². The van der Waals surface area contributed by atoms with Crippen LogP contribution >= 0.6 is 0 Å². The molecular weight excluding hydrogens is 242 g/mol. The Bertz CT molecular complexity index is 448. The van der Waals surface area contributed by atoms with Crippen LogP contribution in [0.3, 0.4) is 0 Å². The highest BCUT2D eigenvalue weighted by molar-refractivity contribution is 5.76. The zero-order chi connectivity index (χ0) is 13.8. The van der Waals surface area contributed by atoms with Gasteiger partial charge in [0.05, 0.1) is 5.69 Å². The number of aromatic nitrogens is 2. The molecule has 0 saturated carbocycles. The Morgan fingerprint density at radius 2 is 1.95 bits per heavy atom. The SMILES string of the molecule is Cc1nn(CC(=O)N2CCCCC2)c(C)c1CCO. The molecule has 5 nitrogen and oxygen atoms in total. The molecule has 1 saturated heterocycles. The number of carbonyl (C=O) groups is 1. The fraction of sp³-hybridized carbons (Fsp3) is 0.714. The first kappa shape index (κ1) is 14.1. The van der Waals surface area contributed by atoms with Crippen molar-refractivity contribution in [2.45, 2.75) is 46.1 Å². The van der Waals surface area contributed by atoms with Gasteiger partial charge in [-0.05, 0) is 45.1 Å². The second-order valence-corrected chi connectivity index (χ2v) is 5.22. The van der Waals surface area contributed by atoms with Crippen molar-refractivity contribution in [3.8, 4) is 0 Å². The van der Waals surface area contributed by atoms with Crippen LogP contribution < -0.4 is 0 Å². The topological polar surface area (TPSA) is 58.4 Å². The van der Waals surface area contributed by atoms with E-state index in [1.165, 1.54) is 6.42 Å². The summed E-state index contributed by atoms with van der Waals surface area (Å²) in [5.74, 6) is 0.154. The second kappa shape index (κ2) is 6.19. The maximum atomic E-state index is 12.2. The Hall–Kier alpha value is -1.36. The van der Waals surface area contributed by atoms with Crippen LogP contribution in [0.15, 0.2) is 0 Å². The van der Waals surface area contributed by atoms with Crippen molar-refractivity contribution < 1.29 is 9.90 Å². The highest BCUT2D eigenvalue weighted by Crippen LogP contribution is 2.15. The molecular formula is C14H23N3O2. The highest BCUT2D eigenvalue weighted by Gasteiger charge is 2.19. The molecule has 106 valence electrons. The van der Waals surface area contributed by atoms with Gasteiger partial charge in [-0.2, -0.15) is 5.10 Å². The first-order chi connectivity index (χ1) is 9.13. The third-order valence-corrected chi connectivity index (χ3v) is 3.89. The van der Waals surface area contributed by atoms with Crippen molar-refractivity contribution >= 4 is 5.91 Å². The van der Waals surface area contributed by atoms with Crippen LogP contribution in [0.2, 0.25) is 0 Å². The number of nitrogens with zero attached hydrogens (tertiary/aromatic N) is 3. The normalized spacial score (nSPS) is 15.8. The van der Waals surface area contributed by atoms with Crippen molar-refractivity contribution in [1.82, 2.24) is 14.7 Å². The van der Waals surface area contributed by atoms with Gasteiger partial charge in [0, 0.05) is 25.4 Å². The lowest BCUT2D eigenvalue weighted by molar-refractivity contribution is -0.132. The van der Waals surface area contributed by atoms with Crippen molar-refractivity contribution in [1.29, 1.82) is 0 Å². The molecule has 1 N–H and O–H groups in total. The molecule has 0 unspecified atom stereocenters. The standard InChI is InChI=1S/C14H23N3O2/c1-11-13(6-9-18)12(2)17(15-11)10-14(19)16-7-4-3-5-8-16/h18H,3-10H2,1-2H3. The Labute approximate surface area is 114 Å². The molecule has 1 aromatic heterocycles. The van der Waals surface area contributed by atoms with Crippen LogP contribution in [0.1, 0.15) is 36.2 Å². The van der Waals surface area contributed by atoms with Gasteiger partial charge >= 0.3 is 0 Å². The average molecular weight is 265 g/mol. The lowest BCUT2D eigenvalue weighted by Crippen LogP contribution is -2.38. The van der Waals surface area contributed by atoms with Gasteiger partial charge < -0.3 is 10.0 Å². The third-order valence-electron chi connectivity index (χ3n) is 3.89. The Morgan fingerprint density at radius 3 is 2.58 bits per heavy atom. The van der Waals surface area contributed by atoms with Gasteiger partial charge in [0.2, 0.25) is 5.91 Å². The van der Waals surface area contributed by atoms with Crippen LogP contribution in [-0.4, -0.2) is 45.4 Å². The number of amides is 1. The Morgan fingerprint density at radius 1 is 1.26 bits per heavy atom. The predicted molar refractivity (Wildman–Crippen MR) is 72.9 cm³/mol. The molecule has 0 bridgehead atoms. The van der Waals surface area contributed by atoms with Crippen LogP contribution in [0, 0.1) is 13.8 Å². The Kier molecular flexibility index (Phi) is 4.58. The molecule has 0 spiro atoms. The minimum Gasteiger partial charge on any atom is -0.396 e. The number of likely N-dealkylation sites (tertiary alicyclic amines) is 1. The maximum Gasteiger partial charge on any atom is 0.244 e. The smallest absolute Gasteiger partial charge is 0.244 e. The summed E-state index contributed by atoms with van der Waals surface area (Å²) >= 11 is 0. The number of aryl methyl sites for hydroxylation is 1. The van der Waals surface area contributed by atoms with E-state index >= 15 is 0 Å². The zero-order valence-corrected chi connectivity index (χ0v) is 11.9. The van der Waals surface area contributed by atoms with E-state index in [4.69, 9.17) is 5.11 Å². The van der Waals surface area contributed by atoms with Gasteiger partial charge in [0.15, 0.2) is 0 Å². The number of piperidine rings is 1. The molecule has 2 rings (SSSR count). The molecule has 0 atom stereocenters. The highest BCUT2D eigenvalue weighted by atomic mass is 16.3. The van der Waals surface area contributed by atoms with Crippen molar-refractivity contribution in [3.63, 3.8) is 0 Å². The van der Waals surface area contributed by atoms with E-state index < -0.39 is 0 Å². The van der Waals surface area contributed by atoms with Gasteiger partial charge in [-0.25, -0.2) is 0 Å². The molecule has 1 fully saturated rings. The molecule has 0 aromatic carbocycles. The largest absolute Gasteiger partial charge is 0.396 e. The van der Waals surface area contributed by atoms with E-state index in [9.17, 15) is 4.79 Å². The lowest BCUT2D eigenvalue weighted by atomic mass is 10.1. The average Bonchev–Trinajstić information content (AvgIpc) is 2.68. The third kappa shape index (κ3) is 3.15. The van der Waals surface area contributed by atoms with Crippen molar-refractivity contribution in [2.24, 2.45) is 0 Å². The van der Waals surface area contributed by atoms with Gasteiger partial charge in [-0.1, -0.05) is 0 Å². The molecule has 1 aliphatic heterocycles. The van der Waals surface area contributed by atoms with Gasteiger partial charge in [0.1, 0.15) is 6.54 Å². The maximum absolute atomic E-state index is 12.2.